The smallest absolute Gasteiger partial charge is 0.264 e. The third-order valence-corrected chi connectivity index (χ3v) is 7.59. The minimum atomic E-state index is -3.96. The minimum Gasteiger partial charge on any atom is -0.470 e. The summed E-state index contributed by atoms with van der Waals surface area (Å²) in [4.78, 5) is 11.4. The van der Waals surface area contributed by atoms with Gasteiger partial charge in [0.1, 0.15) is 11.0 Å². The quantitative estimate of drug-likeness (QED) is 0.647. The van der Waals surface area contributed by atoms with Crippen molar-refractivity contribution < 1.29 is 13.2 Å². The number of nitrogens with zero attached hydrogens (tertiary/aromatic N) is 3. The lowest BCUT2D eigenvalue weighted by Gasteiger charge is -2.44. The van der Waals surface area contributed by atoms with Crippen molar-refractivity contribution >= 4 is 38.5 Å². The molecular formula is C21H21ClN4O3S. The van der Waals surface area contributed by atoms with Gasteiger partial charge in [-0.2, -0.15) is 0 Å². The molecule has 0 saturated carbocycles. The fourth-order valence-electron chi connectivity index (χ4n) is 4.17. The van der Waals surface area contributed by atoms with Crippen molar-refractivity contribution in [3.63, 3.8) is 0 Å². The van der Waals surface area contributed by atoms with Crippen molar-refractivity contribution in [3.05, 3.63) is 53.6 Å². The molecule has 3 aliphatic rings. The normalized spacial score (nSPS) is 23.4. The third-order valence-electron chi connectivity index (χ3n) is 5.75. The van der Waals surface area contributed by atoms with Gasteiger partial charge in [0, 0.05) is 6.54 Å². The molecule has 0 amide bonds. The summed E-state index contributed by atoms with van der Waals surface area (Å²) >= 11 is 6.12. The van der Waals surface area contributed by atoms with Crippen molar-refractivity contribution in [1.82, 2.24) is 14.9 Å². The standard InChI is InChI=1S/C21H21ClN4O3S/c22-15-5-1-4-8-19(15)30(27,28)25-20-21(24-17-7-3-2-6-16(17)23-20)29-18-13-26-11-9-14(18)10-12-26/h1-8,14,18H,9-13H2,(H,23,25). The maximum absolute atomic E-state index is 13.0. The number of rotatable bonds is 5. The van der Waals surface area contributed by atoms with Gasteiger partial charge < -0.3 is 4.74 Å². The maximum atomic E-state index is 13.0. The lowest BCUT2D eigenvalue weighted by atomic mass is 9.86. The summed E-state index contributed by atoms with van der Waals surface area (Å²) in [5.41, 5.74) is 1.23. The number of aromatic nitrogens is 2. The van der Waals surface area contributed by atoms with Crippen LogP contribution in [0.4, 0.5) is 5.82 Å². The molecule has 0 radical (unpaired) electrons. The van der Waals surface area contributed by atoms with Crippen LogP contribution in [0.3, 0.4) is 0 Å². The van der Waals surface area contributed by atoms with E-state index >= 15 is 0 Å². The van der Waals surface area contributed by atoms with Crippen molar-refractivity contribution in [3.8, 4) is 5.88 Å². The molecular weight excluding hydrogens is 424 g/mol. The molecule has 3 aliphatic heterocycles. The van der Waals surface area contributed by atoms with Crippen LogP contribution in [0.5, 0.6) is 5.88 Å². The number of halogens is 1. The highest BCUT2D eigenvalue weighted by molar-refractivity contribution is 7.92. The lowest BCUT2D eigenvalue weighted by Crippen LogP contribution is -2.52. The van der Waals surface area contributed by atoms with Crippen LogP contribution in [0.25, 0.3) is 11.0 Å². The second-order valence-corrected chi connectivity index (χ2v) is 9.75. The number of hydrogen-bond donors (Lipinski definition) is 1. The highest BCUT2D eigenvalue weighted by Crippen LogP contribution is 2.34. The molecule has 4 heterocycles. The Balaban J connectivity index is 1.53. The number of fused-ring (bicyclic) bond motifs is 4. The number of sulfonamides is 1. The fraction of sp³-hybridized carbons (Fsp3) is 0.333. The first kappa shape index (κ1) is 19.5. The number of anilines is 1. The Labute approximate surface area is 180 Å². The number of nitrogens with one attached hydrogen (secondary N) is 1. The van der Waals surface area contributed by atoms with Gasteiger partial charge in [0.25, 0.3) is 15.9 Å². The van der Waals surface area contributed by atoms with Crippen LogP contribution >= 0.6 is 11.6 Å². The molecule has 156 valence electrons. The molecule has 7 nitrogen and oxygen atoms in total. The highest BCUT2D eigenvalue weighted by Gasteiger charge is 2.36. The molecule has 6 rings (SSSR count). The molecule has 2 bridgehead atoms. The van der Waals surface area contributed by atoms with E-state index in [4.69, 9.17) is 16.3 Å². The van der Waals surface area contributed by atoms with Gasteiger partial charge in [-0.15, -0.1) is 0 Å². The Morgan fingerprint density at radius 3 is 2.33 bits per heavy atom. The van der Waals surface area contributed by atoms with E-state index in [9.17, 15) is 8.42 Å². The Bertz CT molecular complexity index is 1200. The summed E-state index contributed by atoms with van der Waals surface area (Å²) in [7, 11) is -3.96. The molecule has 3 fully saturated rings. The van der Waals surface area contributed by atoms with E-state index in [1.54, 1.807) is 18.2 Å². The van der Waals surface area contributed by atoms with Crippen molar-refractivity contribution in [2.24, 2.45) is 5.92 Å². The molecule has 30 heavy (non-hydrogen) atoms. The molecule has 1 N–H and O–H groups in total. The van der Waals surface area contributed by atoms with E-state index in [0.717, 1.165) is 32.5 Å². The van der Waals surface area contributed by atoms with E-state index < -0.39 is 10.0 Å². The minimum absolute atomic E-state index is 0.0181. The summed E-state index contributed by atoms with van der Waals surface area (Å²) in [5.74, 6) is 0.712. The third kappa shape index (κ3) is 3.71. The summed E-state index contributed by atoms with van der Waals surface area (Å²) in [6, 6.07) is 13.6. The Hall–Kier alpha value is -2.42. The molecule has 1 aromatic heterocycles. The molecule has 2 aromatic carbocycles. The predicted molar refractivity (Wildman–Crippen MR) is 115 cm³/mol. The Morgan fingerprint density at radius 2 is 1.67 bits per heavy atom. The number of ether oxygens (including phenoxy) is 1. The number of hydrogen-bond acceptors (Lipinski definition) is 6. The van der Waals surface area contributed by atoms with Crippen LogP contribution in [-0.2, 0) is 10.0 Å². The van der Waals surface area contributed by atoms with E-state index in [2.05, 4.69) is 19.6 Å². The van der Waals surface area contributed by atoms with Gasteiger partial charge >= 0.3 is 0 Å². The van der Waals surface area contributed by atoms with Gasteiger partial charge in [0.15, 0.2) is 0 Å². The van der Waals surface area contributed by atoms with Crippen LogP contribution in [0.2, 0.25) is 5.02 Å². The average molecular weight is 445 g/mol. The first-order valence-corrected chi connectivity index (χ1v) is 11.8. The SMILES string of the molecule is O=S(=O)(Nc1nc2ccccc2nc1OC1CN2CCC1CC2)c1ccccc1Cl. The summed E-state index contributed by atoms with van der Waals surface area (Å²) in [5, 5.41) is 0.138. The Kier molecular flexibility index (Phi) is 5.00. The first-order valence-electron chi connectivity index (χ1n) is 9.93. The van der Waals surface area contributed by atoms with Gasteiger partial charge in [-0.3, -0.25) is 9.62 Å². The average Bonchev–Trinajstić information content (AvgIpc) is 2.75. The zero-order valence-corrected chi connectivity index (χ0v) is 17.7. The lowest BCUT2D eigenvalue weighted by molar-refractivity contribution is -0.00951. The molecule has 9 heteroatoms. The van der Waals surface area contributed by atoms with Crippen LogP contribution in [-0.4, -0.2) is 49.0 Å². The molecule has 1 atom stereocenters. The fourth-order valence-corrected chi connectivity index (χ4v) is 5.69. The maximum Gasteiger partial charge on any atom is 0.264 e. The van der Waals surface area contributed by atoms with E-state index in [0.29, 0.717) is 17.0 Å². The molecule has 3 aromatic rings. The second kappa shape index (κ2) is 7.68. The number of benzene rings is 2. The van der Waals surface area contributed by atoms with Crippen LogP contribution in [0.15, 0.2) is 53.4 Å². The second-order valence-electron chi connectivity index (χ2n) is 7.70. The monoisotopic (exact) mass is 444 g/mol. The summed E-state index contributed by atoms with van der Waals surface area (Å²) < 4.78 is 34.8. The molecule has 1 unspecified atom stereocenters. The van der Waals surface area contributed by atoms with Crippen molar-refractivity contribution in [2.75, 3.05) is 24.4 Å². The van der Waals surface area contributed by atoms with Gasteiger partial charge in [0.05, 0.1) is 16.1 Å². The van der Waals surface area contributed by atoms with Crippen LogP contribution in [0, 0.1) is 5.92 Å². The molecule has 3 saturated heterocycles. The van der Waals surface area contributed by atoms with Crippen molar-refractivity contribution in [1.29, 1.82) is 0 Å². The van der Waals surface area contributed by atoms with Gasteiger partial charge in [-0.05, 0) is 56.1 Å². The number of piperidine rings is 3. The van der Waals surface area contributed by atoms with E-state index in [1.807, 2.05) is 18.2 Å². The molecule has 0 aliphatic carbocycles. The Morgan fingerprint density at radius 1 is 1.00 bits per heavy atom. The van der Waals surface area contributed by atoms with Crippen molar-refractivity contribution in [2.45, 2.75) is 23.8 Å². The predicted octanol–water partition coefficient (Wildman–Crippen LogP) is 3.56. The first-order chi connectivity index (χ1) is 14.5. The zero-order valence-electron chi connectivity index (χ0n) is 16.2. The van der Waals surface area contributed by atoms with Gasteiger partial charge in [-0.25, -0.2) is 18.4 Å². The van der Waals surface area contributed by atoms with E-state index in [1.165, 1.54) is 12.1 Å². The summed E-state index contributed by atoms with van der Waals surface area (Å²) in [6.07, 6.45) is 2.12. The topological polar surface area (TPSA) is 84.4 Å². The van der Waals surface area contributed by atoms with Gasteiger partial charge in [0.2, 0.25) is 5.82 Å². The largest absolute Gasteiger partial charge is 0.470 e. The highest BCUT2D eigenvalue weighted by atomic mass is 35.5. The number of para-hydroxylation sites is 2. The molecule has 0 spiro atoms. The van der Waals surface area contributed by atoms with Crippen LogP contribution < -0.4 is 9.46 Å². The van der Waals surface area contributed by atoms with E-state index in [-0.39, 0.29) is 27.7 Å². The zero-order chi connectivity index (χ0) is 20.7. The summed E-state index contributed by atoms with van der Waals surface area (Å²) in [6.45, 7) is 2.98. The van der Waals surface area contributed by atoms with Gasteiger partial charge in [-0.1, -0.05) is 35.9 Å². The van der Waals surface area contributed by atoms with Crippen LogP contribution in [0.1, 0.15) is 12.8 Å².